The number of piperidine rings is 1. The fraction of sp³-hybridized carbons (Fsp3) is 0.600. The van der Waals surface area contributed by atoms with Crippen LogP contribution in [-0.4, -0.2) is 31.4 Å². The first-order valence-electron chi connectivity index (χ1n) is 7.14. The highest BCUT2D eigenvalue weighted by Crippen LogP contribution is 2.24. The molecule has 1 aliphatic heterocycles. The van der Waals surface area contributed by atoms with E-state index in [9.17, 15) is 9.59 Å². The lowest BCUT2D eigenvalue weighted by Gasteiger charge is -2.28. The predicted molar refractivity (Wildman–Crippen MR) is 78.7 cm³/mol. The zero-order chi connectivity index (χ0) is 14.4. The summed E-state index contributed by atoms with van der Waals surface area (Å²) in [6, 6.07) is 3.86. The van der Waals surface area contributed by atoms with Crippen molar-refractivity contribution in [3.05, 3.63) is 22.4 Å². The van der Waals surface area contributed by atoms with Crippen molar-refractivity contribution in [3.8, 4) is 0 Å². The van der Waals surface area contributed by atoms with Gasteiger partial charge in [0.15, 0.2) is 5.78 Å². The third-order valence-corrected chi connectivity index (χ3v) is 4.50. The molecule has 0 amide bonds. The molecule has 0 spiro atoms. The number of hydrogen-bond acceptors (Lipinski definition) is 5. The summed E-state index contributed by atoms with van der Waals surface area (Å²) in [4.78, 5) is 25.7. The van der Waals surface area contributed by atoms with Gasteiger partial charge in [0.2, 0.25) is 0 Å². The van der Waals surface area contributed by atoms with Crippen LogP contribution >= 0.6 is 11.3 Å². The van der Waals surface area contributed by atoms with E-state index in [1.807, 2.05) is 17.5 Å². The molecule has 110 valence electrons. The molecule has 0 saturated carbocycles. The number of nitrogens with one attached hydrogen (secondary N) is 1. The molecule has 1 saturated heterocycles. The Morgan fingerprint density at radius 1 is 1.55 bits per heavy atom. The van der Waals surface area contributed by atoms with Crippen LogP contribution in [0.25, 0.3) is 0 Å². The van der Waals surface area contributed by atoms with E-state index in [-0.39, 0.29) is 17.7 Å². The van der Waals surface area contributed by atoms with E-state index >= 15 is 0 Å². The molecule has 4 nitrogen and oxygen atoms in total. The molecule has 0 aliphatic carbocycles. The van der Waals surface area contributed by atoms with Gasteiger partial charge in [-0.3, -0.25) is 9.59 Å². The Hall–Kier alpha value is -1.20. The van der Waals surface area contributed by atoms with E-state index in [4.69, 9.17) is 4.74 Å². The summed E-state index contributed by atoms with van der Waals surface area (Å²) >= 11 is 1.55. The van der Waals surface area contributed by atoms with Crippen LogP contribution in [0.15, 0.2) is 17.5 Å². The molecule has 1 aliphatic rings. The first-order valence-corrected chi connectivity index (χ1v) is 8.02. The molecule has 0 bridgehead atoms. The number of carbonyl (C=O) groups excluding carboxylic acids is 2. The Kier molecular flexibility index (Phi) is 5.73. The number of ether oxygens (including phenoxy) is 1. The molecule has 5 heteroatoms. The van der Waals surface area contributed by atoms with Crippen molar-refractivity contribution in [3.63, 3.8) is 0 Å². The quantitative estimate of drug-likeness (QED) is 0.644. The Labute approximate surface area is 123 Å². The van der Waals surface area contributed by atoms with Crippen molar-refractivity contribution < 1.29 is 14.3 Å². The van der Waals surface area contributed by atoms with E-state index in [0.29, 0.717) is 13.0 Å². The molecule has 1 N–H and O–H groups in total. The van der Waals surface area contributed by atoms with Crippen molar-refractivity contribution in [2.45, 2.75) is 26.2 Å². The van der Waals surface area contributed by atoms with Gasteiger partial charge in [0.1, 0.15) is 5.92 Å². The van der Waals surface area contributed by atoms with Gasteiger partial charge in [-0.1, -0.05) is 6.07 Å². The first-order chi connectivity index (χ1) is 9.72. The smallest absolute Gasteiger partial charge is 0.316 e. The maximum Gasteiger partial charge on any atom is 0.316 e. The number of Topliss-reactive ketones (excluding diaryl/α,β-unsaturated/α-hetero) is 1. The number of rotatable bonds is 6. The fourth-order valence-corrected chi connectivity index (χ4v) is 3.39. The van der Waals surface area contributed by atoms with E-state index < -0.39 is 5.92 Å². The monoisotopic (exact) mass is 295 g/mol. The number of ketones is 1. The molecular weight excluding hydrogens is 274 g/mol. The third kappa shape index (κ3) is 3.90. The zero-order valence-electron chi connectivity index (χ0n) is 11.8. The maximum atomic E-state index is 12.5. The van der Waals surface area contributed by atoms with Gasteiger partial charge in [-0.25, -0.2) is 0 Å². The molecule has 2 unspecified atom stereocenters. The second-order valence-corrected chi connectivity index (χ2v) is 6.09. The maximum absolute atomic E-state index is 12.5. The van der Waals surface area contributed by atoms with Gasteiger partial charge in [-0.2, -0.15) is 0 Å². The van der Waals surface area contributed by atoms with E-state index in [2.05, 4.69) is 5.32 Å². The fourth-order valence-electron chi connectivity index (χ4n) is 2.68. The number of thiophene rings is 1. The minimum Gasteiger partial charge on any atom is -0.465 e. The van der Waals surface area contributed by atoms with Crippen LogP contribution in [0.4, 0.5) is 0 Å². The van der Waals surface area contributed by atoms with Crippen LogP contribution < -0.4 is 5.32 Å². The van der Waals surface area contributed by atoms with Crippen LogP contribution in [0.2, 0.25) is 0 Å². The van der Waals surface area contributed by atoms with Gasteiger partial charge in [-0.15, -0.1) is 11.3 Å². The minimum absolute atomic E-state index is 0.0143. The molecule has 1 fully saturated rings. The standard InChI is InChI=1S/C15H21NO3S/c1-2-19-15(18)14(11-5-3-7-16-10-11)13(17)9-12-6-4-8-20-12/h4,6,8,11,14,16H,2-3,5,7,9-10H2,1H3. The van der Waals surface area contributed by atoms with Crippen molar-refractivity contribution in [1.29, 1.82) is 0 Å². The first kappa shape index (κ1) is 15.2. The number of hydrogen-bond donors (Lipinski definition) is 1. The molecule has 2 heterocycles. The van der Waals surface area contributed by atoms with Gasteiger partial charge < -0.3 is 10.1 Å². The summed E-state index contributed by atoms with van der Waals surface area (Å²) in [6.07, 6.45) is 2.25. The lowest BCUT2D eigenvalue weighted by Crippen LogP contribution is -2.42. The second-order valence-electron chi connectivity index (χ2n) is 5.06. The highest BCUT2D eigenvalue weighted by Gasteiger charge is 2.36. The predicted octanol–water partition coefficient (Wildman–Crippen LogP) is 2.04. The lowest BCUT2D eigenvalue weighted by atomic mass is 9.82. The number of carbonyl (C=O) groups is 2. The lowest BCUT2D eigenvalue weighted by molar-refractivity contribution is -0.154. The van der Waals surface area contributed by atoms with E-state index in [1.54, 1.807) is 18.3 Å². The Balaban J connectivity index is 2.07. The Bertz CT molecular complexity index is 438. The van der Waals surface area contributed by atoms with Crippen LogP contribution in [-0.2, 0) is 20.7 Å². The van der Waals surface area contributed by atoms with Gasteiger partial charge >= 0.3 is 5.97 Å². The average Bonchev–Trinajstić information content (AvgIpc) is 2.93. The summed E-state index contributed by atoms with van der Waals surface area (Å²) in [5, 5.41) is 5.22. The van der Waals surface area contributed by atoms with Crippen molar-refractivity contribution in [1.82, 2.24) is 5.32 Å². The van der Waals surface area contributed by atoms with Crippen molar-refractivity contribution >= 4 is 23.1 Å². The van der Waals surface area contributed by atoms with Gasteiger partial charge in [0.25, 0.3) is 0 Å². The summed E-state index contributed by atoms with van der Waals surface area (Å²) in [5.74, 6) is -0.928. The van der Waals surface area contributed by atoms with Crippen molar-refractivity contribution in [2.75, 3.05) is 19.7 Å². The van der Waals surface area contributed by atoms with Crippen LogP contribution in [0.5, 0.6) is 0 Å². The summed E-state index contributed by atoms with van der Waals surface area (Å²) in [7, 11) is 0. The highest BCUT2D eigenvalue weighted by molar-refractivity contribution is 7.10. The molecule has 1 aromatic heterocycles. The largest absolute Gasteiger partial charge is 0.465 e. The average molecular weight is 295 g/mol. The Morgan fingerprint density at radius 2 is 2.40 bits per heavy atom. The molecule has 0 radical (unpaired) electrons. The van der Waals surface area contributed by atoms with Crippen LogP contribution in [0.1, 0.15) is 24.6 Å². The summed E-state index contributed by atoms with van der Waals surface area (Å²) in [5.41, 5.74) is 0. The SMILES string of the molecule is CCOC(=O)C(C(=O)Cc1cccs1)C1CCCNC1. The van der Waals surface area contributed by atoms with Crippen LogP contribution in [0, 0.1) is 11.8 Å². The molecule has 2 atom stereocenters. The van der Waals surface area contributed by atoms with E-state index in [0.717, 1.165) is 30.8 Å². The second kappa shape index (κ2) is 7.55. The third-order valence-electron chi connectivity index (χ3n) is 3.62. The minimum atomic E-state index is -0.621. The molecule has 20 heavy (non-hydrogen) atoms. The van der Waals surface area contributed by atoms with E-state index in [1.165, 1.54) is 0 Å². The molecular formula is C15H21NO3S. The van der Waals surface area contributed by atoms with Crippen molar-refractivity contribution in [2.24, 2.45) is 11.8 Å². The molecule has 1 aromatic rings. The van der Waals surface area contributed by atoms with Gasteiger partial charge in [0.05, 0.1) is 6.61 Å². The summed E-state index contributed by atoms with van der Waals surface area (Å²) in [6.45, 7) is 3.78. The highest BCUT2D eigenvalue weighted by atomic mass is 32.1. The molecule has 0 aromatic carbocycles. The number of esters is 1. The topological polar surface area (TPSA) is 55.4 Å². The summed E-state index contributed by atoms with van der Waals surface area (Å²) < 4.78 is 5.11. The van der Waals surface area contributed by atoms with Gasteiger partial charge in [0, 0.05) is 11.3 Å². The molecule has 2 rings (SSSR count). The normalized spacial score (nSPS) is 20.4. The van der Waals surface area contributed by atoms with Crippen LogP contribution in [0.3, 0.4) is 0 Å². The Morgan fingerprint density at radius 3 is 3.00 bits per heavy atom. The zero-order valence-corrected chi connectivity index (χ0v) is 12.6. The van der Waals surface area contributed by atoms with Gasteiger partial charge in [-0.05, 0) is 50.2 Å².